The molecule has 3 N–H and O–H groups in total. The minimum atomic E-state index is -0.268. The van der Waals surface area contributed by atoms with Gasteiger partial charge in [0.05, 0.1) is 0 Å². The van der Waals surface area contributed by atoms with Gasteiger partial charge in [-0.1, -0.05) is 51.1 Å². The number of amides is 3. The summed E-state index contributed by atoms with van der Waals surface area (Å²) in [7, 11) is 1.63. The van der Waals surface area contributed by atoms with Crippen molar-refractivity contribution in [3.63, 3.8) is 0 Å². The molecule has 1 aromatic carbocycles. The van der Waals surface area contributed by atoms with Gasteiger partial charge < -0.3 is 16.0 Å². The average molecular weight is 404 g/mol. The summed E-state index contributed by atoms with van der Waals surface area (Å²) in [5.74, 6) is -0.403. The topological polar surface area (TPSA) is 87.3 Å². The van der Waals surface area contributed by atoms with Crippen LogP contribution in [0.15, 0.2) is 30.3 Å². The molecule has 0 fully saturated rings. The maximum atomic E-state index is 13.2. The number of carbonyl (C=O) groups excluding carboxylic acids is 3. The Bertz CT molecular complexity index is 661. The minimum absolute atomic E-state index is 0.0231. The van der Waals surface area contributed by atoms with Crippen LogP contribution >= 0.6 is 0 Å². The standard InChI is InChI=1S/C23H37N3O3/c1-15(2)21(12-16(3)22(28)24-6)26-23(29)20(13-17(4)25-18(5)27)14-19-10-8-7-9-11-19/h7-11,15-17,20-21H,12-14H2,1-6H3,(H,24,28)(H,25,27)(H,26,29)/t16-,17-,20-,21-/m1/s1. The number of nitrogens with one attached hydrogen (secondary N) is 3. The van der Waals surface area contributed by atoms with E-state index in [-0.39, 0.29) is 47.6 Å². The first-order valence-corrected chi connectivity index (χ1v) is 10.5. The van der Waals surface area contributed by atoms with E-state index in [9.17, 15) is 14.4 Å². The maximum absolute atomic E-state index is 13.2. The highest BCUT2D eigenvalue weighted by atomic mass is 16.2. The smallest absolute Gasteiger partial charge is 0.223 e. The van der Waals surface area contributed by atoms with Crippen LogP contribution in [0, 0.1) is 17.8 Å². The Balaban J connectivity index is 2.91. The highest BCUT2D eigenvalue weighted by Crippen LogP contribution is 2.19. The molecule has 6 nitrogen and oxygen atoms in total. The molecule has 0 unspecified atom stereocenters. The fourth-order valence-corrected chi connectivity index (χ4v) is 3.55. The van der Waals surface area contributed by atoms with Gasteiger partial charge in [0.1, 0.15) is 0 Å². The fraction of sp³-hybridized carbons (Fsp3) is 0.609. The molecule has 1 aromatic rings. The van der Waals surface area contributed by atoms with Gasteiger partial charge in [-0.2, -0.15) is 0 Å². The molecule has 0 saturated carbocycles. The third-order valence-electron chi connectivity index (χ3n) is 5.22. The second-order valence-electron chi connectivity index (χ2n) is 8.33. The van der Waals surface area contributed by atoms with Crippen LogP contribution in [0.1, 0.15) is 53.0 Å². The predicted octanol–water partition coefficient (Wildman–Crippen LogP) is 2.67. The average Bonchev–Trinajstić information content (AvgIpc) is 2.66. The van der Waals surface area contributed by atoms with E-state index >= 15 is 0 Å². The van der Waals surface area contributed by atoms with E-state index in [1.165, 1.54) is 6.92 Å². The monoisotopic (exact) mass is 403 g/mol. The van der Waals surface area contributed by atoms with E-state index < -0.39 is 0 Å². The Labute approximate surface area is 175 Å². The molecular weight excluding hydrogens is 366 g/mol. The lowest BCUT2D eigenvalue weighted by molar-refractivity contribution is -0.128. The van der Waals surface area contributed by atoms with E-state index in [4.69, 9.17) is 0 Å². The molecule has 29 heavy (non-hydrogen) atoms. The Morgan fingerprint density at radius 2 is 1.52 bits per heavy atom. The molecule has 1 rings (SSSR count). The first-order valence-electron chi connectivity index (χ1n) is 10.5. The van der Waals surface area contributed by atoms with Crippen LogP contribution in [0.2, 0.25) is 0 Å². The number of benzene rings is 1. The van der Waals surface area contributed by atoms with E-state index in [0.717, 1.165) is 5.56 Å². The first-order chi connectivity index (χ1) is 13.6. The quantitative estimate of drug-likeness (QED) is 0.531. The van der Waals surface area contributed by atoms with Crippen LogP contribution in [0.4, 0.5) is 0 Å². The predicted molar refractivity (Wildman–Crippen MR) is 116 cm³/mol. The van der Waals surface area contributed by atoms with Gasteiger partial charge in [-0.3, -0.25) is 14.4 Å². The molecule has 3 amide bonds. The van der Waals surface area contributed by atoms with Gasteiger partial charge in [0.2, 0.25) is 17.7 Å². The lowest BCUT2D eigenvalue weighted by Crippen LogP contribution is -2.46. The van der Waals surface area contributed by atoms with E-state index in [1.807, 2.05) is 58.0 Å². The van der Waals surface area contributed by atoms with Crippen LogP contribution in [0.3, 0.4) is 0 Å². The van der Waals surface area contributed by atoms with Crippen LogP contribution in [0.5, 0.6) is 0 Å². The van der Waals surface area contributed by atoms with Crippen LogP contribution in [-0.2, 0) is 20.8 Å². The highest BCUT2D eigenvalue weighted by Gasteiger charge is 2.27. The molecule has 0 heterocycles. The van der Waals surface area contributed by atoms with Gasteiger partial charge in [-0.25, -0.2) is 0 Å². The SMILES string of the molecule is CNC(=O)[C@H](C)C[C@@H](NC(=O)[C@@H](Cc1ccccc1)C[C@@H](C)NC(C)=O)C(C)C. The Kier molecular flexibility index (Phi) is 10.4. The Hall–Kier alpha value is -2.37. The maximum Gasteiger partial charge on any atom is 0.223 e. The van der Waals surface area contributed by atoms with Crippen molar-refractivity contribution in [3.8, 4) is 0 Å². The number of hydrogen-bond donors (Lipinski definition) is 3. The van der Waals surface area contributed by atoms with Crippen molar-refractivity contribution in [3.05, 3.63) is 35.9 Å². The highest BCUT2D eigenvalue weighted by molar-refractivity contribution is 5.80. The molecule has 0 saturated heterocycles. The summed E-state index contributed by atoms with van der Waals surface area (Å²) in [6.45, 7) is 9.37. The molecule has 0 radical (unpaired) electrons. The summed E-state index contributed by atoms with van der Waals surface area (Å²) in [4.78, 5) is 36.5. The number of hydrogen-bond acceptors (Lipinski definition) is 3. The van der Waals surface area contributed by atoms with Crippen LogP contribution in [0.25, 0.3) is 0 Å². The summed E-state index contributed by atoms with van der Waals surface area (Å²) < 4.78 is 0. The van der Waals surface area contributed by atoms with Gasteiger partial charge in [0.15, 0.2) is 0 Å². The summed E-state index contributed by atoms with van der Waals surface area (Å²) in [5, 5.41) is 8.72. The molecule has 0 bridgehead atoms. The summed E-state index contributed by atoms with van der Waals surface area (Å²) >= 11 is 0. The third-order valence-corrected chi connectivity index (χ3v) is 5.22. The molecular formula is C23H37N3O3. The van der Waals surface area contributed by atoms with Crippen molar-refractivity contribution >= 4 is 17.7 Å². The molecule has 6 heteroatoms. The zero-order valence-electron chi connectivity index (χ0n) is 18.6. The second kappa shape index (κ2) is 12.2. The second-order valence-corrected chi connectivity index (χ2v) is 8.33. The fourth-order valence-electron chi connectivity index (χ4n) is 3.55. The molecule has 0 spiro atoms. The van der Waals surface area contributed by atoms with E-state index in [0.29, 0.717) is 19.3 Å². The molecule has 162 valence electrons. The molecule has 0 aliphatic heterocycles. The third kappa shape index (κ3) is 9.11. The van der Waals surface area contributed by atoms with Gasteiger partial charge in [-0.15, -0.1) is 0 Å². The lowest BCUT2D eigenvalue weighted by atomic mass is 9.89. The number of rotatable bonds is 11. The van der Waals surface area contributed by atoms with Crippen molar-refractivity contribution < 1.29 is 14.4 Å². The van der Waals surface area contributed by atoms with Gasteiger partial charge in [0.25, 0.3) is 0 Å². The molecule has 0 aromatic heterocycles. The Morgan fingerprint density at radius 1 is 0.897 bits per heavy atom. The Morgan fingerprint density at radius 3 is 2.03 bits per heavy atom. The number of carbonyl (C=O) groups is 3. The minimum Gasteiger partial charge on any atom is -0.359 e. The van der Waals surface area contributed by atoms with Crippen molar-refractivity contribution in [2.75, 3.05) is 7.05 Å². The summed E-state index contributed by atoms with van der Waals surface area (Å²) in [6.07, 6.45) is 1.74. The van der Waals surface area contributed by atoms with E-state index in [1.54, 1.807) is 7.05 Å². The normalized spacial score (nSPS) is 15.1. The zero-order valence-corrected chi connectivity index (χ0v) is 18.6. The molecule has 4 atom stereocenters. The lowest BCUT2D eigenvalue weighted by Gasteiger charge is -2.28. The van der Waals surface area contributed by atoms with Crippen molar-refractivity contribution in [1.82, 2.24) is 16.0 Å². The summed E-state index contributed by atoms with van der Waals surface area (Å²) in [5.41, 5.74) is 1.09. The van der Waals surface area contributed by atoms with Crippen molar-refractivity contribution in [2.45, 2.75) is 66.0 Å². The van der Waals surface area contributed by atoms with Crippen molar-refractivity contribution in [2.24, 2.45) is 17.8 Å². The van der Waals surface area contributed by atoms with Crippen molar-refractivity contribution in [1.29, 1.82) is 0 Å². The molecule has 0 aliphatic carbocycles. The van der Waals surface area contributed by atoms with Crippen LogP contribution in [-0.4, -0.2) is 36.9 Å². The van der Waals surface area contributed by atoms with Gasteiger partial charge >= 0.3 is 0 Å². The van der Waals surface area contributed by atoms with Crippen LogP contribution < -0.4 is 16.0 Å². The van der Waals surface area contributed by atoms with E-state index in [2.05, 4.69) is 16.0 Å². The van der Waals surface area contributed by atoms with Gasteiger partial charge in [0, 0.05) is 37.9 Å². The molecule has 0 aliphatic rings. The first kappa shape index (κ1) is 24.7. The largest absolute Gasteiger partial charge is 0.359 e. The zero-order chi connectivity index (χ0) is 22.0. The van der Waals surface area contributed by atoms with Gasteiger partial charge in [-0.05, 0) is 37.7 Å². The summed E-state index contributed by atoms with van der Waals surface area (Å²) in [6, 6.07) is 9.70.